The molecule has 0 aliphatic rings. The number of rotatable bonds is 3. The molecule has 4 aromatic rings. The van der Waals surface area contributed by atoms with Gasteiger partial charge in [0.1, 0.15) is 0 Å². The van der Waals surface area contributed by atoms with E-state index in [1.807, 2.05) is 0 Å². The largest absolute Gasteiger partial charge is 0.0792 e. The Balaban J connectivity index is 2.04. The molecule has 0 saturated heterocycles. The van der Waals surface area contributed by atoms with Crippen molar-refractivity contribution in [3.05, 3.63) is 106 Å². The van der Waals surface area contributed by atoms with Gasteiger partial charge in [-0.15, -0.1) is 0 Å². The molecule has 0 amide bonds. The molecule has 0 N–H and O–H groups in total. The summed E-state index contributed by atoms with van der Waals surface area (Å²) in [5, 5.41) is 5.19. The molecule has 1 heteroatoms. The average molecular weight is 446 g/mol. The number of hydrogen-bond acceptors (Lipinski definition) is 0. The number of benzene rings is 4. The van der Waals surface area contributed by atoms with Gasteiger partial charge in [-0.1, -0.05) is 108 Å². The normalized spacial score (nSPS) is 12.3. The Kier molecular flexibility index (Phi) is 4.89. The zero-order valence-electron chi connectivity index (χ0n) is 14.6. The Morgan fingerprint density at radius 2 is 1.46 bits per heavy atom. The Morgan fingerprint density at radius 1 is 0.731 bits per heavy atom. The van der Waals surface area contributed by atoms with Gasteiger partial charge in [-0.05, 0) is 60.9 Å². The summed E-state index contributed by atoms with van der Waals surface area (Å²) in [7, 11) is 0. The van der Waals surface area contributed by atoms with E-state index in [4.69, 9.17) is 0 Å². The fourth-order valence-corrected chi connectivity index (χ4v) is 4.04. The lowest BCUT2D eigenvalue weighted by molar-refractivity contribution is 1.53. The highest BCUT2D eigenvalue weighted by atomic mass is 127. The molecule has 4 rings (SSSR count). The molecule has 0 aromatic heterocycles. The molecule has 0 spiro atoms. The molecule has 0 aliphatic carbocycles. The van der Waals surface area contributed by atoms with Gasteiger partial charge >= 0.3 is 0 Å². The predicted molar refractivity (Wildman–Crippen MR) is 124 cm³/mol. The van der Waals surface area contributed by atoms with Gasteiger partial charge in [-0.25, -0.2) is 0 Å². The highest BCUT2D eigenvalue weighted by Gasteiger charge is 2.12. The fraction of sp³-hybridized carbons (Fsp3) is 0.0400. The van der Waals surface area contributed by atoms with Crippen molar-refractivity contribution in [2.75, 3.05) is 0 Å². The average Bonchev–Trinajstić information content (AvgIpc) is 2.70. The van der Waals surface area contributed by atoms with Gasteiger partial charge in [0.25, 0.3) is 0 Å². The van der Waals surface area contributed by atoms with Gasteiger partial charge in [-0.2, -0.15) is 0 Å². The topological polar surface area (TPSA) is 0 Å². The summed E-state index contributed by atoms with van der Waals surface area (Å²) in [6.07, 6.45) is 4.43. The van der Waals surface area contributed by atoms with Crippen LogP contribution in [0.2, 0.25) is 0 Å². The smallest absolute Gasteiger partial charge is 0.00946 e. The molecule has 26 heavy (non-hydrogen) atoms. The van der Waals surface area contributed by atoms with Crippen LogP contribution in [-0.4, -0.2) is 0 Å². The number of allylic oxidation sites excluding steroid dienone is 1. The predicted octanol–water partition coefficient (Wildman–Crippen LogP) is 7.85. The van der Waals surface area contributed by atoms with Gasteiger partial charge in [0.2, 0.25) is 0 Å². The minimum Gasteiger partial charge on any atom is -0.0792 e. The lowest BCUT2D eigenvalue weighted by atomic mass is 9.89. The first-order valence-electron chi connectivity index (χ1n) is 8.77. The van der Waals surface area contributed by atoms with Crippen molar-refractivity contribution in [3.63, 3.8) is 0 Å². The Morgan fingerprint density at radius 3 is 2.23 bits per heavy atom. The molecule has 0 atom stereocenters. The molecule has 4 aromatic carbocycles. The quantitative estimate of drug-likeness (QED) is 0.222. The summed E-state index contributed by atoms with van der Waals surface area (Å²) in [5.74, 6) is 0. The van der Waals surface area contributed by atoms with Crippen LogP contribution >= 0.6 is 22.6 Å². The summed E-state index contributed by atoms with van der Waals surface area (Å²) in [6.45, 7) is 2.12. The minimum absolute atomic E-state index is 1.25. The van der Waals surface area contributed by atoms with E-state index < -0.39 is 0 Å². The van der Waals surface area contributed by atoms with Crippen LogP contribution in [0.3, 0.4) is 0 Å². The van der Waals surface area contributed by atoms with E-state index in [1.54, 1.807) is 0 Å². The SMILES string of the molecule is C/C=C(\c1ccccc1)c1ccc2c(ccc3ccccc32)c1/C=C\I. The monoisotopic (exact) mass is 446 g/mol. The van der Waals surface area contributed by atoms with Gasteiger partial charge in [0, 0.05) is 0 Å². The number of halogens is 1. The molecule has 0 bridgehead atoms. The Labute approximate surface area is 168 Å². The summed E-state index contributed by atoms with van der Waals surface area (Å²) in [4.78, 5) is 0. The first-order chi connectivity index (χ1) is 12.8. The first kappa shape index (κ1) is 17.0. The molecule has 0 radical (unpaired) electrons. The second kappa shape index (κ2) is 7.46. The van der Waals surface area contributed by atoms with Gasteiger partial charge in [0.15, 0.2) is 0 Å². The molecular weight excluding hydrogens is 427 g/mol. The molecule has 0 heterocycles. The molecule has 0 saturated carbocycles. The standard InChI is InChI=1S/C25H19I/c1-2-20(18-8-4-3-5-9-18)22-14-15-23-21-11-7-6-10-19(21)12-13-24(23)25(22)16-17-26/h2-17H,1H3/b17-16-,20-2+. The highest BCUT2D eigenvalue weighted by Crippen LogP contribution is 2.35. The lowest BCUT2D eigenvalue weighted by Gasteiger charge is -2.15. The molecule has 0 unspecified atom stereocenters. The van der Waals surface area contributed by atoms with E-state index in [9.17, 15) is 0 Å². The molecule has 0 aliphatic heterocycles. The van der Waals surface area contributed by atoms with Crippen molar-refractivity contribution in [3.8, 4) is 0 Å². The van der Waals surface area contributed by atoms with E-state index >= 15 is 0 Å². The molecule has 126 valence electrons. The highest BCUT2D eigenvalue weighted by molar-refractivity contribution is 14.1. The molecular formula is C25H19I. The first-order valence-corrected chi connectivity index (χ1v) is 10.0. The maximum Gasteiger partial charge on any atom is -0.00946 e. The maximum absolute atomic E-state index is 2.31. The summed E-state index contributed by atoms with van der Waals surface area (Å²) < 4.78 is 2.10. The van der Waals surface area contributed by atoms with Gasteiger partial charge in [-0.3, -0.25) is 0 Å². The van der Waals surface area contributed by atoms with Crippen LogP contribution in [0.15, 0.2) is 89.0 Å². The van der Waals surface area contributed by atoms with Crippen molar-refractivity contribution in [2.24, 2.45) is 0 Å². The third-order valence-electron chi connectivity index (χ3n) is 4.86. The van der Waals surface area contributed by atoms with Crippen molar-refractivity contribution in [1.82, 2.24) is 0 Å². The van der Waals surface area contributed by atoms with Crippen LogP contribution in [-0.2, 0) is 0 Å². The van der Waals surface area contributed by atoms with Crippen molar-refractivity contribution in [2.45, 2.75) is 6.92 Å². The fourth-order valence-electron chi connectivity index (χ4n) is 3.68. The Bertz CT molecular complexity index is 1130. The lowest BCUT2D eigenvalue weighted by Crippen LogP contribution is -1.93. The molecule has 0 fully saturated rings. The third kappa shape index (κ3) is 2.97. The minimum atomic E-state index is 1.25. The van der Waals surface area contributed by atoms with Crippen LogP contribution in [0.1, 0.15) is 23.6 Å². The van der Waals surface area contributed by atoms with E-state index in [1.165, 1.54) is 43.8 Å². The van der Waals surface area contributed by atoms with E-state index in [2.05, 4.69) is 125 Å². The van der Waals surface area contributed by atoms with E-state index in [-0.39, 0.29) is 0 Å². The second-order valence-corrected chi connectivity index (χ2v) is 6.99. The van der Waals surface area contributed by atoms with Crippen LogP contribution in [0.25, 0.3) is 33.2 Å². The zero-order chi connectivity index (χ0) is 17.9. The van der Waals surface area contributed by atoms with Gasteiger partial charge in [0.05, 0.1) is 0 Å². The van der Waals surface area contributed by atoms with Gasteiger partial charge < -0.3 is 0 Å². The van der Waals surface area contributed by atoms with Crippen LogP contribution in [0, 0.1) is 0 Å². The third-order valence-corrected chi connectivity index (χ3v) is 5.22. The second-order valence-electron chi connectivity index (χ2n) is 6.27. The van der Waals surface area contributed by atoms with Crippen molar-refractivity contribution < 1.29 is 0 Å². The summed E-state index contributed by atoms with van der Waals surface area (Å²) in [5.41, 5.74) is 5.07. The van der Waals surface area contributed by atoms with E-state index in [0.29, 0.717) is 0 Å². The number of fused-ring (bicyclic) bond motifs is 3. The number of hydrogen-bond donors (Lipinski definition) is 0. The van der Waals surface area contributed by atoms with Crippen LogP contribution in [0.4, 0.5) is 0 Å². The summed E-state index contributed by atoms with van der Waals surface area (Å²) in [6, 6.07) is 28.2. The molecule has 0 nitrogen and oxygen atoms in total. The maximum atomic E-state index is 2.31. The Hall–Kier alpha value is -2.39. The van der Waals surface area contributed by atoms with Crippen LogP contribution in [0.5, 0.6) is 0 Å². The zero-order valence-corrected chi connectivity index (χ0v) is 16.8. The van der Waals surface area contributed by atoms with Crippen molar-refractivity contribution in [1.29, 1.82) is 0 Å². The van der Waals surface area contributed by atoms with Crippen molar-refractivity contribution >= 4 is 55.8 Å². The van der Waals surface area contributed by atoms with Crippen LogP contribution < -0.4 is 0 Å². The summed E-state index contributed by atoms with van der Waals surface area (Å²) >= 11 is 2.31. The van der Waals surface area contributed by atoms with E-state index in [0.717, 1.165) is 0 Å².